The van der Waals surface area contributed by atoms with Crippen molar-refractivity contribution >= 4 is 21.9 Å². The van der Waals surface area contributed by atoms with Gasteiger partial charge >= 0.3 is 5.97 Å². The Kier molecular flexibility index (Phi) is 5.50. The number of carbonyl (C=O) groups is 2. The molecule has 8 nitrogen and oxygen atoms in total. The zero-order valence-corrected chi connectivity index (χ0v) is 12.9. The minimum absolute atomic E-state index is 0.0241. The number of aliphatic carboxylic acids is 1. The number of sulfonamides is 1. The van der Waals surface area contributed by atoms with E-state index in [2.05, 4.69) is 10.0 Å². The fraction of sp³-hybridized carbons (Fsp3) is 0.500. The summed E-state index contributed by atoms with van der Waals surface area (Å²) in [7, 11) is -0.808. The van der Waals surface area contributed by atoms with E-state index >= 15 is 0 Å². The SMILES string of the molecule is CCC(CC(=O)O)NC(=O)c1cc(S(=O)(=O)NC)cn1C. The molecule has 1 rings (SSSR count). The summed E-state index contributed by atoms with van der Waals surface area (Å²) in [5.41, 5.74) is 0.146. The Labute approximate surface area is 123 Å². The number of carboxylic acid groups (broad SMARTS) is 1. The molecule has 3 N–H and O–H groups in total. The van der Waals surface area contributed by atoms with Crippen LogP contribution in [0, 0.1) is 0 Å². The predicted molar refractivity (Wildman–Crippen MR) is 75.5 cm³/mol. The molecule has 118 valence electrons. The number of aryl methyl sites for hydroxylation is 1. The van der Waals surface area contributed by atoms with Crippen molar-refractivity contribution in [2.24, 2.45) is 7.05 Å². The summed E-state index contributed by atoms with van der Waals surface area (Å²) in [6, 6.07) is 0.739. The van der Waals surface area contributed by atoms with Crippen molar-refractivity contribution in [3.8, 4) is 0 Å². The number of amides is 1. The summed E-state index contributed by atoms with van der Waals surface area (Å²) in [6.07, 6.45) is 1.59. The van der Waals surface area contributed by atoms with Crippen LogP contribution in [0.2, 0.25) is 0 Å². The van der Waals surface area contributed by atoms with E-state index in [1.54, 1.807) is 14.0 Å². The van der Waals surface area contributed by atoms with Gasteiger partial charge in [0.1, 0.15) is 10.6 Å². The van der Waals surface area contributed by atoms with Gasteiger partial charge < -0.3 is 15.0 Å². The maximum atomic E-state index is 12.1. The molecule has 0 aromatic carbocycles. The van der Waals surface area contributed by atoms with Gasteiger partial charge in [-0.25, -0.2) is 13.1 Å². The molecule has 0 radical (unpaired) electrons. The number of aromatic nitrogens is 1. The number of hydrogen-bond donors (Lipinski definition) is 3. The van der Waals surface area contributed by atoms with Crippen LogP contribution in [-0.2, 0) is 21.9 Å². The molecule has 0 aliphatic carbocycles. The van der Waals surface area contributed by atoms with Gasteiger partial charge in [-0.3, -0.25) is 9.59 Å². The van der Waals surface area contributed by atoms with Gasteiger partial charge in [-0.15, -0.1) is 0 Å². The summed E-state index contributed by atoms with van der Waals surface area (Å²) in [5.74, 6) is -1.52. The van der Waals surface area contributed by atoms with Crippen LogP contribution in [-0.4, -0.2) is 43.1 Å². The average Bonchev–Trinajstić information content (AvgIpc) is 2.80. The van der Waals surface area contributed by atoms with Crippen molar-refractivity contribution in [2.45, 2.75) is 30.7 Å². The van der Waals surface area contributed by atoms with E-state index in [4.69, 9.17) is 5.11 Å². The standard InChI is InChI=1S/C12H19N3O5S/c1-4-8(5-11(16)17)14-12(18)10-6-9(7-15(10)3)21(19,20)13-2/h6-8,13H,4-5H2,1-3H3,(H,14,18)(H,16,17). The lowest BCUT2D eigenvalue weighted by Crippen LogP contribution is -2.36. The zero-order chi connectivity index (χ0) is 16.2. The molecule has 1 amide bonds. The molecule has 0 fully saturated rings. The van der Waals surface area contributed by atoms with E-state index in [9.17, 15) is 18.0 Å². The van der Waals surface area contributed by atoms with Crippen LogP contribution in [0.15, 0.2) is 17.2 Å². The van der Waals surface area contributed by atoms with Gasteiger partial charge in [-0.05, 0) is 19.5 Å². The first kappa shape index (κ1) is 17.2. The monoisotopic (exact) mass is 317 g/mol. The number of nitrogens with zero attached hydrogens (tertiary/aromatic N) is 1. The fourth-order valence-electron chi connectivity index (χ4n) is 1.79. The number of carboxylic acids is 1. The van der Waals surface area contributed by atoms with E-state index in [1.807, 2.05) is 0 Å². The third-order valence-corrected chi connectivity index (χ3v) is 4.42. The molecule has 9 heteroatoms. The van der Waals surface area contributed by atoms with Gasteiger partial charge in [-0.1, -0.05) is 6.92 Å². The molecule has 1 heterocycles. The molecular weight excluding hydrogens is 298 g/mol. The van der Waals surface area contributed by atoms with E-state index in [-0.39, 0.29) is 17.0 Å². The molecule has 1 aromatic rings. The first-order chi connectivity index (χ1) is 9.71. The van der Waals surface area contributed by atoms with Crippen LogP contribution in [0.1, 0.15) is 30.3 Å². The Hall–Kier alpha value is -1.87. The van der Waals surface area contributed by atoms with Gasteiger partial charge in [0, 0.05) is 19.3 Å². The molecule has 0 saturated carbocycles. The highest BCUT2D eigenvalue weighted by molar-refractivity contribution is 7.89. The Morgan fingerprint density at radius 1 is 1.43 bits per heavy atom. The summed E-state index contributed by atoms with van der Waals surface area (Å²) in [5, 5.41) is 11.3. The summed E-state index contributed by atoms with van der Waals surface area (Å²) in [4.78, 5) is 22.8. The maximum Gasteiger partial charge on any atom is 0.305 e. The highest BCUT2D eigenvalue weighted by atomic mass is 32.2. The third kappa shape index (κ3) is 4.30. The highest BCUT2D eigenvalue weighted by Gasteiger charge is 2.21. The second-order valence-electron chi connectivity index (χ2n) is 4.56. The molecule has 0 aliphatic rings. The molecular formula is C12H19N3O5S. The molecule has 0 spiro atoms. The lowest BCUT2D eigenvalue weighted by molar-refractivity contribution is -0.137. The second kappa shape index (κ2) is 6.72. The van der Waals surface area contributed by atoms with E-state index in [0.29, 0.717) is 6.42 Å². The Morgan fingerprint density at radius 2 is 2.05 bits per heavy atom. The molecule has 0 saturated heterocycles. The molecule has 1 aromatic heterocycles. The second-order valence-corrected chi connectivity index (χ2v) is 6.44. The lowest BCUT2D eigenvalue weighted by atomic mass is 10.1. The fourth-order valence-corrected chi connectivity index (χ4v) is 2.59. The van der Waals surface area contributed by atoms with Gasteiger partial charge in [0.05, 0.1) is 6.42 Å². The Morgan fingerprint density at radius 3 is 2.52 bits per heavy atom. The molecule has 1 atom stereocenters. The van der Waals surface area contributed by atoms with Crippen molar-refractivity contribution in [1.82, 2.24) is 14.6 Å². The number of rotatable bonds is 7. The number of hydrogen-bond acceptors (Lipinski definition) is 4. The first-order valence-corrected chi connectivity index (χ1v) is 7.82. The van der Waals surface area contributed by atoms with E-state index in [0.717, 1.165) is 0 Å². The van der Waals surface area contributed by atoms with Gasteiger partial charge in [-0.2, -0.15) is 0 Å². The van der Waals surface area contributed by atoms with Crippen LogP contribution in [0.3, 0.4) is 0 Å². The maximum absolute atomic E-state index is 12.1. The zero-order valence-electron chi connectivity index (χ0n) is 12.1. The average molecular weight is 317 g/mol. The van der Waals surface area contributed by atoms with Crippen molar-refractivity contribution in [2.75, 3.05) is 7.05 Å². The first-order valence-electron chi connectivity index (χ1n) is 6.33. The van der Waals surface area contributed by atoms with Crippen molar-refractivity contribution in [3.63, 3.8) is 0 Å². The van der Waals surface area contributed by atoms with Gasteiger partial charge in [0.2, 0.25) is 10.0 Å². The molecule has 0 aliphatic heterocycles. The van der Waals surface area contributed by atoms with Crippen LogP contribution in [0.25, 0.3) is 0 Å². The number of carbonyl (C=O) groups excluding carboxylic acids is 1. The minimum atomic E-state index is -3.63. The lowest BCUT2D eigenvalue weighted by Gasteiger charge is -2.14. The van der Waals surface area contributed by atoms with Crippen molar-refractivity contribution < 1.29 is 23.1 Å². The third-order valence-electron chi connectivity index (χ3n) is 3.04. The molecule has 0 bridgehead atoms. The smallest absolute Gasteiger partial charge is 0.305 e. The van der Waals surface area contributed by atoms with Crippen molar-refractivity contribution in [1.29, 1.82) is 0 Å². The van der Waals surface area contributed by atoms with Gasteiger partial charge in [0.25, 0.3) is 5.91 Å². The summed E-state index contributed by atoms with van der Waals surface area (Å²) < 4.78 is 26.9. The molecule has 1 unspecified atom stereocenters. The Balaban J connectivity index is 2.96. The van der Waals surface area contributed by atoms with Gasteiger partial charge in [0.15, 0.2) is 0 Å². The minimum Gasteiger partial charge on any atom is -0.481 e. The highest BCUT2D eigenvalue weighted by Crippen LogP contribution is 2.13. The van der Waals surface area contributed by atoms with E-state index in [1.165, 1.54) is 23.9 Å². The van der Waals surface area contributed by atoms with Crippen LogP contribution in [0.4, 0.5) is 0 Å². The van der Waals surface area contributed by atoms with E-state index < -0.39 is 27.9 Å². The number of nitrogens with one attached hydrogen (secondary N) is 2. The Bertz CT molecular complexity index is 635. The summed E-state index contributed by atoms with van der Waals surface area (Å²) in [6.45, 7) is 1.76. The normalized spacial score (nSPS) is 12.9. The molecule has 21 heavy (non-hydrogen) atoms. The summed E-state index contributed by atoms with van der Waals surface area (Å²) >= 11 is 0. The van der Waals surface area contributed by atoms with Crippen LogP contribution < -0.4 is 10.0 Å². The topological polar surface area (TPSA) is 118 Å². The van der Waals surface area contributed by atoms with Crippen LogP contribution in [0.5, 0.6) is 0 Å². The largest absolute Gasteiger partial charge is 0.481 e. The van der Waals surface area contributed by atoms with Crippen molar-refractivity contribution in [3.05, 3.63) is 18.0 Å². The quantitative estimate of drug-likeness (QED) is 0.650. The van der Waals surface area contributed by atoms with Crippen LogP contribution >= 0.6 is 0 Å². The predicted octanol–water partition coefficient (Wildman–Crippen LogP) is -0.0837.